The van der Waals surface area contributed by atoms with Gasteiger partial charge >= 0.3 is 0 Å². The molecule has 0 spiro atoms. The van der Waals surface area contributed by atoms with E-state index in [9.17, 15) is 8.42 Å². The lowest BCUT2D eigenvalue weighted by atomic mass is 10.4. The van der Waals surface area contributed by atoms with Crippen LogP contribution in [0.15, 0.2) is 0 Å². The van der Waals surface area contributed by atoms with Crippen LogP contribution >= 0.6 is 11.8 Å². The molecule has 1 aliphatic heterocycles. The molecule has 96 valence electrons. The zero-order valence-corrected chi connectivity index (χ0v) is 11.6. The van der Waals surface area contributed by atoms with Crippen LogP contribution in [0.1, 0.15) is 6.42 Å². The summed E-state index contributed by atoms with van der Waals surface area (Å²) in [7, 11) is -1.59. The first-order chi connectivity index (χ1) is 7.59. The summed E-state index contributed by atoms with van der Waals surface area (Å²) in [6.45, 7) is 3.43. The van der Waals surface area contributed by atoms with Gasteiger partial charge in [0.05, 0.1) is 0 Å². The molecule has 0 aromatic carbocycles. The van der Waals surface area contributed by atoms with Crippen molar-refractivity contribution in [2.75, 3.05) is 51.8 Å². The van der Waals surface area contributed by atoms with Crippen molar-refractivity contribution < 1.29 is 8.42 Å². The highest BCUT2D eigenvalue weighted by atomic mass is 32.2. The molecular weight excluding hydrogens is 246 g/mol. The lowest BCUT2D eigenvalue weighted by molar-refractivity contribution is 0.377. The Morgan fingerprint density at radius 1 is 1.38 bits per heavy atom. The van der Waals surface area contributed by atoms with Gasteiger partial charge in [-0.1, -0.05) is 0 Å². The van der Waals surface area contributed by atoms with Gasteiger partial charge in [0.15, 0.2) is 0 Å². The number of nitrogens with zero attached hydrogens (tertiary/aromatic N) is 2. The van der Waals surface area contributed by atoms with Crippen LogP contribution in [0.4, 0.5) is 0 Å². The fourth-order valence-electron chi connectivity index (χ4n) is 1.58. The first-order valence-electron chi connectivity index (χ1n) is 5.50. The Morgan fingerprint density at radius 3 is 2.81 bits per heavy atom. The van der Waals surface area contributed by atoms with Crippen LogP contribution in [0.3, 0.4) is 0 Å². The van der Waals surface area contributed by atoms with Crippen molar-refractivity contribution in [1.29, 1.82) is 0 Å². The van der Waals surface area contributed by atoms with E-state index in [0.717, 1.165) is 25.3 Å². The van der Waals surface area contributed by atoms with E-state index in [-0.39, 0.29) is 0 Å². The Labute approximate surface area is 103 Å². The molecule has 1 rings (SSSR count). The fraction of sp³-hybridized carbons (Fsp3) is 1.00. The second-order valence-corrected chi connectivity index (χ2v) is 6.85. The van der Waals surface area contributed by atoms with Crippen LogP contribution in [-0.2, 0) is 10.2 Å². The standard InChI is InChI=1S/C9H21N3O2S2/c1-11(8-9-15-2)16(13,14)12-6-3-4-10-5-7-12/h10H,3-9H2,1-2H3. The van der Waals surface area contributed by atoms with Gasteiger partial charge in [-0.3, -0.25) is 0 Å². The van der Waals surface area contributed by atoms with Gasteiger partial charge in [-0.05, 0) is 19.2 Å². The summed E-state index contributed by atoms with van der Waals surface area (Å²) in [4.78, 5) is 0. The number of thioether (sulfide) groups is 1. The summed E-state index contributed by atoms with van der Waals surface area (Å²) in [5, 5.41) is 3.20. The Kier molecular flexibility index (Phi) is 6.06. The van der Waals surface area contributed by atoms with Crippen molar-refractivity contribution in [2.45, 2.75) is 6.42 Å². The highest BCUT2D eigenvalue weighted by Gasteiger charge is 2.26. The first kappa shape index (κ1) is 14.2. The molecule has 0 atom stereocenters. The fourth-order valence-corrected chi connectivity index (χ4v) is 3.55. The van der Waals surface area contributed by atoms with Crippen molar-refractivity contribution in [3.8, 4) is 0 Å². The van der Waals surface area contributed by atoms with E-state index in [1.807, 2.05) is 6.26 Å². The molecule has 0 radical (unpaired) electrons. The summed E-state index contributed by atoms with van der Waals surface area (Å²) in [6, 6.07) is 0. The molecule has 1 heterocycles. The van der Waals surface area contributed by atoms with E-state index in [1.54, 1.807) is 23.1 Å². The maximum Gasteiger partial charge on any atom is 0.281 e. The van der Waals surface area contributed by atoms with Gasteiger partial charge in [0.1, 0.15) is 0 Å². The normalized spacial score (nSPS) is 19.9. The molecule has 7 heteroatoms. The highest BCUT2D eigenvalue weighted by Crippen LogP contribution is 2.09. The summed E-state index contributed by atoms with van der Waals surface area (Å²) >= 11 is 1.66. The molecule has 1 aliphatic rings. The largest absolute Gasteiger partial charge is 0.315 e. The van der Waals surface area contributed by atoms with Gasteiger partial charge in [-0.25, -0.2) is 0 Å². The lowest BCUT2D eigenvalue weighted by Crippen LogP contribution is -2.44. The quantitative estimate of drug-likeness (QED) is 0.751. The Bertz CT molecular complexity index is 287. The van der Waals surface area contributed by atoms with Gasteiger partial charge in [-0.15, -0.1) is 0 Å². The number of hydrogen-bond donors (Lipinski definition) is 1. The van der Waals surface area contributed by atoms with Crippen molar-refractivity contribution in [2.24, 2.45) is 0 Å². The summed E-state index contributed by atoms with van der Waals surface area (Å²) < 4.78 is 27.3. The van der Waals surface area contributed by atoms with Crippen molar-refractivity contribution in [3.05, 3.63) is 0 Å². The average molecular weight is 267 g/mol. The highest BCUT2D eigenvalue weighted by molar-refractivity contribution is 7.98. The third-order valence-corrected chi connectivity index (χ3v) is 5.21. The van der Waals surface area contributed by atoms with E-state index in [1.165, 1.54) is 4.31 Å². The Morgan fingerprint density at radius 2 is 2.12 bits per heavy atom. The third-order valence-electron chi connectivity index (χ3n) is 2.63. The summed E-state index contributed by atoms with van der Waals surface area (Å²) in [5.41, 5.74) is 0. The minimum Gasteiger partial charge on any atom is -0.315 e. The maximum absolute atomic E-state index is 12.2. The second kappa shape index (κ2) is 6.80. The number of rotatable bonds is 5. The molecule has 0 amide bonds. The number of hydrogen-bond acceptors (Lipinski definition) is 4. The molecule has 0 unspecified atom stereocenters. The monoisotopic (exact) mass is 267 g/mol. The van der Waals surface area contributed by atoms with E-state index < -0.39 is 10.2 Å². The molecular formula is C9H21N3O2S2. The topological polar surface area (TPSA) is 52.7 Å². The lowest BCUT2D eigenvalue weighted by Gasteiger charge is -2.25. The van der Waals surface area contributed by atoms with Crippen LogP contribution in [0.25, 0.3) is 0 Å². The van der Waals surface area contributed by atoms with E-state index in [4.69, 9.17) is 0 Å². The minimum atomic E-state index is -3.24. The molecule has 1 saturated heterocycles. The molecule has 0 aromatic heterocycles. The minimum absolute atomic E-state index is 0.575. The average Bonchev–Trinajstić information content (AvgIpc) is 2.54. The van der Waals surface area contributed by atoms with Gasteiger partial charge in [0.25, 0.3) is 10.2 Å². The van der Waals surface area contributed by atoms with Gasteiger partial charge < -0.3 is 5.32 Å². The van der Waals surface area contributed by atoms with Gasteiger partial charge in [-0.2, -0.15) is 28.8 Å². The van der Waals surface area contributed by atoms with Crippen LogP contribution in [0.2, 0.25) is 0 Å². The van der Waals surface area contributed by atoms with Crippen LogP contribution in [-0.4, -0.2) is 68.8 Å². The Hall–Kier alpha value is 0.180. The molecule has 0 saturated carbocycles. The van der Waals surface area contributed by atoms with Crippen molar-refractivity contribution in [1.82, 2.24) is 13.9 Å². The molecule has 0 aromatic rings. The van der Waals surface area contributed by atoms with Crippen LogP contribution in [0, 0.1) is 0 Å². The van der Waals surface area contributed by atoms with Crippen LogP contribution < -0.4 is 5.32 Å². The van der Waals surface area contributed by atoms with Crippen molar-refractivity contribution >= 4 is 22.0 Å². The third kappa shape index (κ3) is 3.89. The van der Waals surface area contributed by atoms with E-state index in [2.05, 4.69) is 5.32 Å². The summed E-state index contributed by atoms with van der Waals surface area (Å²) in [5.74, 6) is 0.835. The van der Waals surface area contributed by atoms with Crippen molar-refractivity contribution in [3.63, 3.8) is 0 Å². The maximum atomic E-state index is 12.2. The predicted octanol–water partition coefficient (Wildman–Crippen LogP) is -0.179. The van der Waals surface area contributed by atoms with E-state index >= 15 is 0 Å². The van der Waals surface area contributed by atoms with E-state index in [0.29, 0.717) is 19.6 Å². The SMILES string of the molecule is CSCCN(C)S(=O)(=O)N1CCCNCC1. The molecule has 0 bridgehead atoms. The molecule has 0 aliphatic carbocycles. The molecule has 1 fully saturated rings. The molecule has 5 nitrogen and oxygen atoms in total. The second-order valence-electron chi connectivity index (χ2n) is 3.82. The summed E-state index contributed by atoms with van der Waals surface area (Å²) in [6.07, 6.45) is 2.87. The zero-order chi connectivity index (χ0) is 12.0. The van der Waals surface area contributed by atoms with Gasteiger partial charge in [0.2, 0.25) is 0 Å². The Balaban J connectivity index is 2.59. The first-order valence-corrected chi connectivity index (χ1v) is 8.29. The number of nitrogens with one attached hydrogen (secondary N) is 1. The molecule has 16 heavy (non-hydrogen) atoms. The predicted molar refractivity (Wildman–Crippen MR) is 69.0 cm³/mol. The van der Waals surface area contributed by atoms with Gasteiger partial charge in [0, 0.05) is 39.0 Å². The zero-order valence-electron chi connectivity index (χ0n) is 9.98. The molecule has 1 N–H and O–H groups in total. The van der Waals surface area contributed by atoms with Crippen LogP contribution in [0.5, 0.6) is 0 Å². The smallest absolute Gasteiger partial charge is 0.281 e.